The van der Waals surface area contributed by atoms with Crippen molar-refractivity contribution in [3.63, 3.8) is 0 Å². The average molecular weight is 267 g/mol. The Labute approximate surface area is 121 Å². The molecule has 2 heteroatoms. The van der Waals surface area contributed by atoms with Crippen LogP contribution in [0.5, 0.6) is 0 Å². The van der Waals surface area contributed by atoms with E-state index >= 15 is 0 Å². The Morgan fingerprint density at radius 3 is 2.35 bits per heavy atom. The quantitative estimate of drug-likeness (QED) is 0.782. The maximum absolute atomic E-state index is 12.4. The Morgan fingerprint density at radius 1 is 1.00 bits per heavy atom. The van der Waals surface area contributed by atoms with E-state index in [0.717, 1.165) is 16.8 Å². The van der Waals surface area contributed by atoms with Crippen LogP contribution in [0.4, 0.5) is 5.69 Å². The number of carbonyl (C=O) groups is 1. The third-order valence-electron chi connectivity index (χ3n) is 3.51. The molecule has 0 bridgehead atoms. The van der Waals surface area contributed by atoms with Crippen LogP contribution in [0.2, 0.25) is 0 Å². The Kier molecular flexibility index (Phi) is 4.23. The molecule has 104 valence electrons. The minimum Gasteiger partial charge on any atom is -0.367 e. The topological polar surface area (TPSA) is 20.3 Å². The number of ketones is 1. The van der Waals surface area contributed by atoms with Gasteiger partial charge in [-0.05, 0) is 44.0 Å². The SMILES string of the molecule is Cc1cccc(N(C)CC(=O)c2ccc(C)cc2C)c1. The maximum atomic E-state index is 12.4. The van der Waals surface area contributed by atoms with E-state index in [1.807, 2.05) is 50.1 Å². The van der Waals surface area contributed by atoms with Crippen molar-refractivity contribution >= 4 is 11.5 Å². The minimum absolute atomic E-state index is 0.159. The van der Waals surface area contributed by atoms with Gasteiger partial charge in [-0.3, -0.25) is 4.79 Å². The molecular formula is C18H21NO. The normalized spacial score (nSPS) is 10.4. The molecule has 2 aromatic rings. The number of benzene rings is 2. The van der Waals surface area contributed by atoms with Crippen LogP contribution in [-0.4, -0.2) is 19.4 Å². The molecule has 0 aliphatic carbocycles. The van der Waals surface area contributed by atoms with Crippen LogP contribution in [0.25, 0.3) is 0 Å². The monoisotopic (exact) mass is 267 g/mol. The fourth-order valence-electron chi connectivity index (χ4n) is 2.38. The number of rotatable bonds is 4. The smallest absolute Gasteiger partial charge is 0.182 e. The molecule has 0 aromatic heterocycles. The van der Waals surface area contributed by atoms with E-state index in [9.17, 15) is 4.79 Å². The first-order valence-corrected chi connectivity index (χ1v) is 6.85. The second-order valence-electron chi connectivity index (χ2n) is 5.44. The Morgan fingerprint density at radius 2 is 1.70 bits per heavy atom. The minimum atomic E-state index is 0.159. The van der Waals surface area contributed by atoms with Crippen LogP contribution < -0.4 is 4.90 Å². The Hall–Kier alpha value is -2.09. The van der Waals surface area contributed by atoms with E-state index in [4.69, 9.17) is 0 Å². The zero-order valence-corrected chi connectivity index (χ0v) is 12.6. The number of anilines is 1. The van der Waals surface area contributed by atoms with Crippen molar-refractivity contribution in [1.29, 1.82) is 0 Å². The summed E-state index contributed by atoms with van der Waals surface area (Å²) < 4.78 is 0. The predicted molar refractivity (Wildman–Crippen MR) is 84.7 cm³/mol. The lowest BCUT2D eigenvalue weighted by Gasteiger charge is -2.19. The molecule has 0 N–H and O–H groups in total. The molecule has 20 heavy (non-hydrogen) atoms. The molecule has 0 saturated heterocycles. The third kappa shape index (κ3) is 3.27. The number of hydrogen-bond donors (Lipinski definition) is 0. The lowest BCUT2D eigenvalue weighted by molar-refractivity contribution is 0.1000. The van der Waals surface area contributed by atoms with Gasteiger partial charge in [0.25, 0.3) is 0 Å². The second kappa shape index (κ2) is 5.91. The molecule has 0 aliphatic rings. The van der Waals surface area contributed by atoms with E-state index in [1.54, 1.807) is 0 Å². The van der Waals surface area contributed by atoms with Crippen molar-refractivity contribution in [2.45, 2.75) is 20.8 Å². The molecule has 2 rings (SSSR count). The van der Waals surface area contributed by atoms with E-state index in [1.165, 1.54) is 11.1 Å². The molecule has 0 fully saturated rings. The molecule has 0 heterocycles. The van der Waals surface area contributed by atoms with Gasteiger partial charge in [0, 0.05) is 18.3 Å². The van der Waals surface area contributed by atoms with Crippen molar-refractivity contribution in [3.8, 4) is 0 Å². The summed E-state index contributed by atoms with van der Waals surface area (Å²) in [6, 6.07) is 14.2. The van der Waals surface area contributed by atoms with Crippen molar-refractivity contribution in [2.24, 2.45) is 0 Å². The van der Waals surface area contributed by atoms with Crippen LogP contribution in [0, 0.1) is 20.8 Å². The molecule has 2 nitrogen and oxygen atoms in total. The van der Waals surface area contributed by atoms with Gasteiger partial charge < -0.3 is 4.90 Å². The van der Waals surface area contributed by atoms with Crippen molar-refractivity contribution in [2.75, 3.05) is 18.5 Å². The highest BCUT2D eigenvalue weighted by atomic mass is 16.1. The van der Waals surface area contributed by atoms with Crippen LogP contribution in [0.15, 0.2) is 42.5 Å². The van der Waals surface area contributed by atoms with Gasteiger partial charge in [-0.1, -0.05) is 35.9 Å². The fourth-order valence-corrected chi connectivity index (χ4v) is 2.38. The van der Waals surface area contributed by atoms with Crippen LogP contribution in [0.1, 0.15) is 27.0 Å². The summed E-state index contributed by atoms with van der Waals surface area (Å²) >= 11 is 0. The third-order valence-corrected chi connectivity index (χ3v) is 3.51. The van der Waals surface area contributed by atoms with Crippen molar-refractivity contribution in [1.82, 2.24) is 0 Å². The summed E-state index contributed by atoms with van der Waals surface area (Å²) in [7, 11) is 1.95. The van der Waals surface area contributed by atoms with Gasteiger partial charge in [-0.2, -0.15) is 0 Å². The van der Waals surface area contributed by atoms with Crippen LogP contribution >= 0.6 is 0 Å². The molecule has 0 unspecified atom stereocenters. The number of likely N-dealkylation sites (N-methyl/N-ethyl adjacent to an activating group) is 1. The van der Waals surface area contributed by atoms with Crippen LogP contribution in [-0.2, 0) is 0 Å². The van der Waals surface area contributed by atoms with Gasteiger partial charge in [0.05, 0.1) is 6.54 Å². The maximum Gasteiger partial charge on any atom is 0.182 e. The molecule has 0 spiro atoms. The number of Topliss-reactive ketones (excluding diaryl/α,β-unsaturated/α-hetero) is 1. The largest absolute Gasteiger partial charge is 0.367 e. The molecule has 0 atom stereocenters. The van der Waals surface area contributed by atoms with Gasteiger partial charge >= 0.3 is 0 Å². The molecule has 0 radical (unpaired) electrons. The lowest BCUT2D eigenvalue weighted by atomic mass is 10.0. The number of hydrogen-bond acceptors (Lipinski definition) is 2. The molecule has 0 aliphatic heterocycles. The fraction of sp³-hybridized carbons (Fsp3) is 0.278. The molecular weight excluding hydrogens is 246 g/mol. The second-order valence-corrected chi connectivity index (χ2v) is 5.44. The molecule has 0 amide bonds. The highest BCUT2D eigenvalue weighted by Crippen LogP contribution is 2.16. The van der Waals surface area contributed by atoms with Gasteiger partial charge in [-0.15, -0.1) is 0 Å². The summed E-state index contributed by atoms with van der Waals surface area (Å²) in [5.41, 5.74) is 5.32. The summed E-state index contributed by atoms with van der Waals surface area (Å²) in [5, 5.41) is 0. The zero-order valence-electron chi connectivity index (χ0n) is 12.6. The number of nitrogens with zero attached hydrogens (tertiary/aromatic N) is 1. The van der Waals surface area contributed by atoms with Crippen molar-refractivity contribution in [3.05, 3.63) is 64.7 Å². The lowest BCUT2D eigenvalue weighted by Crippen LogP contribution is -2.26. The summed E-state index contributed by atoms with van der Waals surface area (Å²) in [6.07, 6.45) is 0. The standard InChI is InChI=1S/C18H21NO/c1-13-6-5-7-16(11-13)19(4)12-18(20)17-9-8-14(2)10-15(17)3/h5-11H,12H2,1-4H3. The molecule has 0 saturated carbocycles. The highest BCUT2D eigenvalue weighted by Gasteiger charge is 2.12. The summed E-state index contributed by atoms with van der Waals surface area (Å²) in [5.74, 6) is 0.159. The summed E-state index contributed by atoms with van der Waals surface area (Å²) in [4.78, 5) is 14.4. The van der Waals surface area contributed by atoms with Gasteiger partial charge in [0.15, 0.2) is 5.78 Å². The van der Waals surface area contributed by atoms with Crippen molar-refractivity contribution < 1.29 is 4.79 Å². The number of aryl methyl sites for hydroxylation is 3. The van der Waals surface area contributed by atoms with E-state index in [2.05, 4.69) is 25.1 Å². The van der Waals surface area contributed by atoms with E-state index in [-0.39, 0.29) is 5.78 Å². The Bertz CT molecular complexity index is 631. The zero-order chi connectivity index (χ0) is 14.7. The first-order valence-electron chi connectivity index (χ1n) is 6.85. The highest BCUT2D eigenvalue weighted by molar-refractivity contribution is 6.00. The first kappa shape index (κ1) is 14.3. The summed E-state index contributed by atoms with van der Waals surface area (Å²) in [6.45, 7) is 6.49. The molecule has 2 aromatic carbocycles. The number of carbonyl (C=O) groups excluding carboxylic acids is 1. The van der Waals surface area contributed by atoms with Crippen LogP contribution in [0.3, 0.4) is 0 Å². The predicted octanol–water partition coefficient (Wildman–Crippen LogP) is 3.93. The van der Waals surface area contributed by atoms with E-state index < -0.39 is 0 Å². The average Bonchev–Trinajstić information content (AvgIpc) is 2.38. The van der Waals surface area contributed by atoms with E-state index in [0.29, 0.717) is 6.54 Å². The van der Waals surface area contributed by atoms with Gasteiger partial charge in [-0.25, -0.2) is 0 Å². The van der Waals surface area contributed by atoms with Gasteiger partial charge in [0.2, 0.25) is 0 Å². The van der Waals surface area contributed by atoms with Gasteiger partial charge in [0.1, 0.15) is 0 Å². The first-order chi connectivity index (χ1) is 9.47. The Balaban J connectivity index is 2.15.